The Morgan fingerprint density at radius 3 is 2.76 bits per heavy atom. The molecule has 3 aromatic heterocycles. The van der Waals surface area contributed by atoms with Crippen molar-refractivity contribution in [1.29, 1.82) is 0 Å². The predicted octanol–water partition coefficient (Wildman–Crippen LogP) is 1.77. The van der Waals surface area contributed by atoms with E-state index in [4.69, 9.17) is 4.98 Å². The summed E-state index contributed by atoms with van der Waals surface area (Å²) in [5, 5.41) is 0. The average molecular weight is 288 g/mol. The quantitative estimate of drug-likeness (QED) is 0.673. The van der Waals surface area contributed by atoms with Gasteiger partial charge in [0.2, 0.25) is 0 Å². The Morgan fingerprint density at radius 2 is 2.00 bits per heavy atom. The molecule has 0 aromatic carbocycles. The van der Waals surface area contributed by atoms with Crippen LogP contribution in [0.4, 0.5) is 0 Å². The summed E-state index contributed by atoms with van der Waals surface area (Å²) >= 11 is 0.389. The van der Waals surface area contributed by atoms with E-state index in [1.54, 1.807) is 6.20 Å². The molecule has 0 amide bonds. The summed E-state index contributed by atoms with van der Waals surface area (Å²) in [6, 6.07) is 12.1. The van der Waals surface area contributed by atoms with E-state index in [1.165, 1.54) is 10.1 Å². The Hall–Kier alpha value is -1.64. The molecule has 3 nitrogen and oxygen atoms in total. The van der Waals surface area contributed by atoms with Gasteiger partial charge in [-0.05, 0) is 0 Å². The molecule has 0 aliphatic carbocycles. The zero-order chi connectivity index (χ0) is 11.7. The standard InChI is InChI=1S/C13H11N3Se/c1-17-13-11-7-3-5-9-16(11)12(15-13)10-6-2-4-8-14-10/h2-9H,1H3. The van der Waals surface area contributed by atoms with Gasteiger partial charge in [0.1, 0.15) is 0 Å². The maximum absolute atomic E-state index is 4.71. The van der Waals surface area contributed by atoms with Crippen LogP contribution in [-0.4, -0.2) is 29.3 Å². The van der Waals surface area contributed by atoms with E-state index >= 15 is 0 Å². The van der Waals surface area contributed by atoms with Crippen molar-refractivity contribution in [3.8, 4) is 11.5 Å². The number of rotatable bonds is 2. The molecule has 3 aromatic rings. The van der Waals surface area contributed by atoms with Crippen molar-refractivity contribution in [2.24, 2.45) is 0 Å². The third kappa shape index (κ3) is 1.75. The van der Waals surface area contributed by atoms with E-state index in [-0.39, 0.29) is 0 Å². The van der Waals surface area contributed by atoms with Gasteiger partial charge >= 0.3 is 106 Å². The molecule has 4 heteroatoms. The van der Waals surface area contributed by atoms with Gasteiger partial charge in [0.25, 0.3) is 0 Å². The fourth-order valence-corrected chi connectivity index (χ4v) is 3.00. The SMILES string of the molecule is C[Se]c1nc(-c2ccccn2)n2ccccc12. The normalized spacial score (nSPS) is 10.9. The van der Waals surface area contributed by atoms with Crippen LogP contribution in [0.2, 0.25) is 5.82 Å². The van der Waals surface area contributed by atoms with Gasteiger partial charge in [-0.2, -0.15) is 0 Å². The molecule has 3 rings (SSSR count). The van der Waals surface area contributed by atoms with Gasteiger partial charge in [0.15, 0.2) is 0 Å². The van der Waals surface area contributed by atoms with Crippen LogP contribution >= 0.6 is 0 Å². The topological polar surface area (TPSA) is 30.2 Å². The van der Waals surface area contributed by atoms with Crippen LogP contribution in [0.15, 0.2) is 48.8 Å². The van der Waals surface area contributed by atoms with Crippen molar-refractivity contribution in [2.45, 2.75) is 5.82 Å². The van der Waals surface area contributed by atoms with Crippen molar-refractivity contribution in [1.82, 2.24) is 14.4 Å². The number of imidazole rings is 1. The summed E-state index contributed by atoms with van der Waals surface area (Å²) in [4.78, 5) is 9.08. The summed E-state index contributed by atoms with van der Waals surface area (Å²) in [6.07, 6.45) is 3.84. The van der Waals surface area contributed by atoms with Crippen LogP contribution < -0.4 is 4.59 Å². The second-order valence-corrected chi connectivity index (χ2v) is 5.28. The summed E-state index contributed by atoms with van der Waals surface area (Å²) in [5.74, 6) is 3.12. The third-order valence-corrected chi connectivity index (χ3v) is 4.04. The van der Waals surface area contributed by atoms with Crippen molar-refractivity contribution in [3.63, 3.8) is 0 Å². The van der Waals surface area contributed by atoms with Crippen molar-refractivity contribution < 1.29 is 0 Å². The average Bonchev–Trinajstić information content (AvgIpc) is 2.78. The van der Waals surface area contributed by atoms with Crippen LogP contribution in [0.25, 0.3) is 17.0 Å². The minimum atomic E-state index is 0.389. The first-order valence-electron chi connectivity index (χ1n) is 5.32. The second-order valence-electron chi connectivity index (χ2n) is 3.62. The van der Waals surface area contributed by atoms with Crippen molar-refractivity contribution in [3.05, 3.63) is 48.8 Å². The molecular formula is C13H11N3Se. The Kier molecular flexibility index (Phi) is 2.67. The summed E-state index contributed by atoms with van der Waals surface area (Å²) in [5.41, 5.74) is 2.11. The molecule has 3 heterocycles. The Labute approximate surface area is 106 Å². The molecule has 0 N–H and O–H groups in total. The van der Waals surface area contributed by atoms with Crippen LogP contribution in [0.5, 0.6) is 0 Å². The molecular weight excluding hydrogens is 277 g/mol. The molecule has 0 saturated heterocycles. The predicted molar refractivity (Wildman–Crippen MR) is 69.7 cm³/mol. The monoisotopic (exact) mass is 289 g/mol. The third-order valence-electron chi connectivity index (χ3n) is 2.60. The number of hydrogen-bond acceptors (Lipinski definition) is 2. The van der Waals surface area contributed by atoms with E-state index in [2.05, 4.69) is 27.3 Å². The van der Waals surface area contributed by atoms with Crippen molar-refractivity contribution >= 4 is 25.1 Å². The van der Waals surface area contributed by atoms with Gasteiger partial charge in [-0.3, -0.25) is 0 Å². The van der Waals surface area contributed by atoms with E-state index in [9.17, 15) is 0 Å². The molecule has 84 valence electrons. The van der Waals surface area contributed by atoms with E-state index < -0.39 is 0 Å². The van der Waals surface area contributed by atoms with Gasteiger partial charge < -0.3 is 0 Å². The molecule has 0 spiro atoms. The summed E-state index contributed by atoms with van der Waals surface area (Å²) in [6.45, 7) is 0. The van der Waals surface area contributed by atoms with Gasteiger partial charge in [0, 0.05) is 0 Å². The molecule has 0 saturated carbocycles. The van der Waals surface area contributed by atoms with Crippen LogP contribution in [0.1, 0.15) is 0 Å². The minimum absolute atomic E-state index is 0.389. The number of nitrogens with zero attached hydrogens (tertiary/aromatic N) is 3. The first kappa shape index (κ1) is 10.5. The van der Waals surface area contributed by atoms with Gasteiger partial charge in [0.05, 0.1) is 0 Å². The summed E-state index contributed by atoms with van der Waals surface area (Å²) < 4.78 is 3.29. The zero-order valence-corrected chi connectivity index (χ0v) is 11.1. The Bertz CT molecular complexity index is 646. The number of hydrogen-bond donors (Lipinski definition) is 0. The molecule has 17 heavy (non-hydrogen) atoms. The van der Waals surface area contributed by atoms with E-state index in [0.717, 1.165) is 11.5 Å². The number of aromatic nitrogens is 3. The van der Waals surface area contributed by atoms with Crippen LogP contribution in [0, 0.1) is 0 Å². The van der Waals surface area contributed by atoms with Gasteiger partial charge in [-0.1, -0.05) is 0 Å². The first-order valence-corrected chi connectivity index (χ1v) is 7.89. The van der Waals surface area contributed by atoms with Crippen molar-refractivity contribution in [2.75, 3.05) is 0 Å². The Morgan fingerprint density at radius 1 is 1.12 bits per heavy atom. The van der Waals surface area contributed by atoms with E-state index in [1.807, 2.05) is 30.5 Å². The first-order chi connectivity index (χ1) is 8.40. The second kappa shape index (κ2) is 4.32. The summed E-state index contributed by atoms with van der Waals surface area (Å²) in [7, 11) is 0. The molecule has 0 radical (unpaired) electrons. The molecule has 0 aliphatic heterocycles. The Balaban J connectivity index is 2.31. The maximum atomic E-state index is 4.71. The zero-order valence-electron chi connectivity index (χ0n) is 9.37. The fraction of sp³-hybridized carbons (Fsp3) is 0.0769. The molecule has 0 bridgehead atoms. The van der Waals surface area contributed by atoms with Crippen LogP contribution in [-0.2, 0) is 0 Å². The number of pyridine rings is 2. The molecule has 0 fully saturated rings. The molecule has 0 atom stereocenters. The van der Waals surface area contributed by atoms with Gasteiger partial charge in [-0.15, -0.1) is 0 Å². The van der Waals surface area contributed by atoms with Crippen LogP contribution in [0.3, 0.4) is 0 Å². The molecule has 0 unspecified atom stereocenters. The van der Waals surface area contributed by atoms with Gasteiger partial charge in [-0.25, -0.2) is 0 Å². The van der Waals surface area contributed by atoms with E-state index in [0.29, 0.717) is 15.0 Å². The molecule has 0 aliphatic rings. The number of fused-ring (bicyclic) bond motifs is 1. The fourth-order valence-electron chi connectivity index (χ4n) is 1.84.